The van der Waals surface area contributed by atoms with Crippen LogP contribution in [0.2, 0.25) is 0 Å². The molecule has 0 aliphatic carbocycles. The third kappa shape index (κ3) is 6.24. The van der Waals surface area contributed by atoms with Crippen LogP contribution in [0.3, 0.4) is 0 Å². The van der Waals surface area contributed by atoms with Crippen molar-refractivity contribution in [2.24, 2.45) is 0 Å². The molecule has 164 valence electrons. The number of alkyl halides is 3. The van der Waals surface area contributed by atoms with E-state index in [1.165, 1.54) is 18.2 Å². The van der Waals surface area contributed by atoms with Gasteiger partial charge in [-0.25, -0.2) is 4.98 Å². The van der Waals surface area contributed by atoms with Crippen LogP contribution in [-0.4, -0.2) is 29.5 Å². The standard InChI is InChI=1S/C22H23F3N4O2/c1-4-14(2)26-21-28-18(15-8-7-9-16(12-15)31-22(23,24)25)13-20(29-21)27-17-10-5-6-11-19(17)30-3/h5-14H,4H2,1-3H3,(H2,26,27,28,29)/t14-/m1/s1. The van der Waals surface area contributed by atoms with Gasteiger partial charge in [0, 0.05) is 17.7 Å². The quantitative estimate of drug-likeness (QED) is 0.455. The molecule has 1 atom stereocenters. The summed E-state index contributed by atoms with van der Waals surface area (Å²) in [5.41, 5.74) is 1.59. The van der Waals surface area contributed by atoms with Gasteiger partial charge in [0.25, 0.3) is 0 Å². The molecule has 0 radical (unpaired) electrons. The highest BCUT2D eigenvalue weighted by molar-refractivity contribution is 5.70. The zero-order valence-corrected chi connectivity index (χ0v) is 17.3. The van der Waals surface area contributed by atoms with E-state index in [0.717, 1.165) is 6.42 Å². The van der Waals surface area contributed by atoms with Crippen LogP contribution in [0.5, 0.6) is 11.5 Å². The van der Waals surface area contributed by atoms with Gasteiger partial charge >= 0.3 is 6.36 Å². The van der Waals surface area contributed by atoms with Crippen LogP contribution in [0, 0.1) is 0 Å². The second-order valence-corrected chi connectivity index (χ2v) is 6.82. The fraction of sp³-hybridized carbons (Fsp3) is 0.273. The van der Waals surface area contributed by atoms with Crippen molar-refractivity contribution in [1.82, 2.24) is 9.97 Å². The Balaban J connectivity index is 2.00. The molecule has 0 spiro atoms. The number of hydrogen-bond acceptors (Lipinski definition) is 6. The Morgan fingerprint density at radius 2 is 1.81 bits per heavy atom. The molecule has 3 aromatic rings. The fourth-order valence-electron chi connectivity index (χ4n) is 2.78. The monoisotopic (exact) mass is 432 g/mol. The molecular formula is C22H23F3N4O2. The number of anilines is 3. The molecule has 0 saturated carbocycles. The molecule has 1 heterocycles. The van der Waals surface area contributed by atoms with Crippen LogP contribution in [0.4, 0.5) is 30.6 Å². The number of halogens is 3. The summed E-state index contributed by atoms with van der Waals surface area (Å²) < 4.78 is 47.3. The lowest BCUT2D eigenvalue weighted by Crippen LogP contribution is -2.17. The van der Waals surface area contributed by atoms with Gasteiger partial charge in [0.1, 0.15) is 17.3 Å². The fourth-order valence-corrected chi connectivity index (χ4v) is 2.78. The molecule has 3 rings (SSSR count). The number of hydrogen-bond donors (Lipinski definition) is 2. The van der Waals surface area contributed by atoms with Crippen molar-refractivity contribution in [2.75, 3.05) is 17.7 Å². The topological polar surface area (TPSA) is 68.3 Å². The van der Waals surface area contributed by atoms with Crippen LogP contribution in [0.25, 0.3) is 11.3 Å². The summed E-state index contributed by atoms with van der Waals surface area (Å²) in [4.78, 5) is 8.98. The smallest absolute Gasteiger partial charge is 0.495 e. The lowest BCUT2D eigenvalue weighted by molar-refractivity contribution is -0.274. The van der Waals surface area contributed by atoms with E-state index in [4.69, 9.17) is 4.74 Å². The number of aromatic nitrogens is 2. The van der Waals surface area contributed by atoms with Gasteiger partial charge in [-0.3, -0.25) is 0 Å². The number of rotatable bonds is 8. The summed E-state index contributed by atoms with van der Waals surface area (Å²) in [6.07, 6.45) is -3.93. The summed E-state index contributed by atoms with van der Waals surface area (Å²) in [5, 5.41) is 6.40. The number of methoxy groups -OCH3 is 1. The zero-order chi connectivity index (χ0) is 22.4. The molecule has 1 aromatic heterocycles. The van der Waals surface area contributed by atoms with Gasteiger partial charge in [0.15, 0.2) is 0 Å². The molecule has 0 saturated heterocycles. The van der Waals surface area contributed by atoms with Gasteiger partial charge in [-0.15, -0.1) is 13.2 Å². The van der Waals surface area contributed by atoms with Crippen molar-refractivity contribution in [2.45, 2.75) is 32.7 Å². The molecule has 0 unspecified atom stereocenters. The Morgan fingerprint density at radius 3 is 2.52 bits per heavy atom. The summed E-state index contributed by atoms with van der Waals surface area (Å²) in [6.45, 7) is 4.01. The molecule has 0 fully saturated rings. The molecule has 0 bridgehead atoms. The molecule has 31 heavy (non-hydrogen) atoms. The zero-order valence-electron chi connectivity index (χ0n) is 17.3. The normalized spacial score (nSPS) is 12.2. The first kappa shape index (κ1) is 22.2. The van der Waals surface area contributed by atoms with Crippen LogP contribution in [0.1, 0.15) is 20.3 Å². The average molecular weight is 432 g/mol. The van der Waals surface area contributed by atoms with Crippen LogP contribution >= 0.6 is 0 Å². The van der Waals surface area contributed by atoms with Crippen molar-refractivity contribution in [3.8, 4) is 22.8 Å². The highest BCUT2D eigenvalue weighted by Gasteiger charge is 2.31. The minimum atomic E-state index is -4.77. The Bertz CT molecular complexity index is 1030. The minimum absolute atomic E-state index is 0.106. The Kier molecular flexibility index (Phi) is 6.84. The first-order valence-electron chi connectivity index (χ1n) is 9.69. The summed E-state index contributed by atoms with van der Waals surface area (Å²) in [6, 6.07) is 14.8. The van der Waals surface area contributed by atoms with E-state index in [2.05, 4.69) is 25.3 Å². The number of benzene rings is 2. The maximum absolute atomic E-state index is 12.6. The number of nitrogens with one attached hydrogen (secondary N) is 2. The van der Waals surface area contributed by atoms with E-state index in [0.29, 0.717) is 34.5 Å². The summed E-state index contributed by atoms with van der Waals surface area (Å²) >= 11 is 0. The van der Waals surface area contributed by atoms with Crippen LogP contribution in [0.15, 0.2) is 54.6 Å². The number of nitrogens with zero attached hydrogens (tertiary/aromatic N) is 2. The van der Waals surface area contributed by atoms with Crippen molar-refractivity contribution >= 4 is 17.5 Å². The van der Waals surface area contributed by atoms with Crippen LogP contribution < -0.4 is 20.1 Å². The lowest BCUT2D eigenvalue weighted by atomic mass is 10.1. The average Bonchev–Trinajstić information content (AvgIpc) is 2.73. The summed E-state index contributed by atoms with van der Waals surface area (Å²) in [5.74, 6) is 1.12. The van der Waals surface area contributed by atoms with E-state index >= 15 is 0 Å². The molecular weight excluding hydrogens is 409 g/mol. The van der Waals surface area contributed by atoms with E-state index in [1.54, 1.807) is 25.3 Å². The Hall–Kier alpha value is -3.49. The minimum Gasteiger partial charge on any atom is -0.495 e. The van der Waals surface area contributed by atoms with Crippen LogP contribution in [-0.2, 0) is 0 Å². The number of ether oxygens (including phenoxy) is 2. The van der Waals surface area contributed by atoms with Crippen molar-refractivity contribution < 1.29 is 22.6 Å². The van der Waals surface area contributed by atoms with Gasteiger partial charge < -0.3 is 20.1 Å². The van der Waals surface area contributed by atoms with Gasteiger partial charge in [-0.1, -0.05) is 31.2 Å². The van der Waals surface area contributed by atoms with Gasteiger partial charge in [-0.2, -0.15) is 4.98 Å². The molecule has 2 N–H and O–H groups in total. The SMILES string of the molecule is CC[C@@H](C)Nc1nc(Nc2ccccc2OC)cc(-c2cccc(OC(F)(F)F)c2)n1. The predicted octanol–water partition coefficient (Wildman–Crippen LogP) is 6.00. The predicted molar refractivity (Wildman–Crippen MR) is 114 cm³/mol. The largest absolute Gasteiger partial charge is 0.573 e. The lowest BCUT2D eigenvalue weighted by Gasteiger charge is -2.16. The van der Waals surface area contributed by atoms with Gasteiger partial charge in [0.2, 0.25) is 5.95 Å². The Labute approximate surface area is 178 Å². The highest BCUT2D eigenvalue weighted by atomic mass is 19.4. The molecule has 0 amide bonds. The van der Waals surface area contributed by atoms with Crippen molar-refractivity contribution in [1.29, 1.82) is 0 Å². The van der Waals surface area contributed by atoms with Gasteiger partial charge in [-0.05, 0) is 37.6 Å². The van der Waals surface area contributed by atoms with E-state index in [9.17, 15) is 13.2 Å². The maximum Gasteiger partial charge on any atom is 0.573 e. The second kappa shape index (κ2) is 9.55. The van der Waals surface area contributed by atoms with Crippen molar-refractivity contribution in [3.63, 3.8) is 0 Å². The highest BCUT2D eigenvalue weighted by Crippen LogP contribution is 2.31. The molecule has 2 aromatic carbocycles. The van der Waals surface area contributed by atoms with Crippen molar-refractivity contribution in [3.05, 3.63) is 54.6 Å². The first-order valence-corrected chi connectivity index (χ1v) is 9.69. The Morgan fingerprint density at radius 1 is 1.03 bits per heavy atom. The van der Waals surface area contributed by atoms with E-state index in [-0.39, 0.29) is 11.8 Å². The molecule has 9 heteroatoms. The molecule has 0 aliphatic heterocycles. The number of para-hydroxylation sites is 2. The second-order valence-electron chi connectivity index (χ2n) is 6.82. The third-order valence-electron chi connectivity index (χ3n) is 4.45. The van der Waals surface area contributed by atoms with E-state index in [1.807, 2.05) is 32.0 Å². The van der Waals surface area contributed by atoms with E-state index < -0.39 is 6.36 Å². The maximum atomic E-state index is 12.6. The van der Waals surface area contributed by atoms with Gasteiger partial charge in [0.05, 0.1) is 18.5 Å². The molecule has 6 nitrogen and oxygen atoms in total. The first-order chi connectivity index (χ1) is 14.8. The third-order valence-corrected chi connectivity index (χ3v) is 4.45. The molecule has 0 aliphatic rings. The summed E-state index contributed by atoms with van der Waals surface area (Å²) in [7, 11) is 1.56.